The van der Waals surface area contributed by atoms with Crippen molar-refractivity contribution in [3.63, 3.8) is 0 Å². The van der Waals surface area contributed by atoms with E-state index in [4.69, 9.17) is 4.98 Å². The van der Waals surface area contributed by atoms with E-state index in [0.717, 1.165) is 28.9 Å². The third kappa shape index (κ3) is 10.8. The Kier molecular flexibility index (Phi) is 14.5. The standard InChI is InChI=1S/C33H34N.C19H16N.Ir/c1(4-12-26-13-6-3-7-14-26)2-5-15-27-16-10-19-28(22-27)29-20-11-21-31(23-29)33-24-30-17-8-9-18-32(30)25-34-33;1-14-7-6-8-15(2)19(14)17-11-12-18(20-13-17)16-9-4-3-5-10-16;/h3,6-7,10-11,13-14,16,19-20,22-25H,1-2,4-5,8-9,12,15,17-18H2;3-9,11-13H,1-2H3;/q2*-1;. The fourth-order valence-corrected chi connectivity index (χ4v) is 7.64. The largest absolute Gasteiger partial charge is 0.304 e. The minimum atomic E-state index is 0. The van der Waals surface area contributed by atoms with Crippen LogP contribution in [0.25, 0.3) is 44.8 Å². The van der Waals surface area contributed by atoms with Crippen LogP contribution in [-0.4, -0.2) is 9.97 Å². The van der Waals surface area contributed by atoms with Gasteiger partial charge in [-0.05, 0) is 121 Å². The van der Waals surface area contributed by atoms with E-state index in [2.05, 4.69) is 140 Å². The van der Waals surface area contributed by atoms with Crippen LogP contribution >= 0.6 is 0 Å². The second kappa shape index (κ2) is 20.1. The summed E-state index contributed by atoms with van der Waals surface area (Å²) in [5.41, 5.74) is 17.5. The summed E-state index contributed by atoms with van der Waals surface area (Å²) < 4.78 is 0. The molecule has 0 unspecified atom stereocenters. The summed E-state index contributed by atoms with van der Waals surface area (Å²) in [6.07, 6.45) is 16.5. The van der Waals surface area contributed by atoms with E-state index in [0.29, 0.717) is 0 Å². The number of benzene rings is 5. The Bertz CT molecular complexity index is 2220. The third-order valence-electron chi connectivity index (χ3n) is 10.6. The number of nitrogens with zero attached hydrogens (tertiary/aromatic N) is 2. The molecule has 8 rings (SSSR count). The zero-order valence-corrected chi connectivity index (χ0v) is 34.6. The van der Waals surface area contributed by atoms with Crippen molar-refractivity contribution < 1.29 is 20.1 Å². The Balaban J connectivity index is 0.000000209. The number of aryl methyl sites for hydroxylation is 6. The molecule has 1 aliphatic rings. The fourth-order valence-electron chi connectivity index (χ4n) is 7.64. The van der Waals surface area contributed by atoms with Crippen LogP contribution in [0.4, 0.5) is 0 Å². The molecule has 1 radical (unpaired) electrons. The fraction of sp³-hybridized carbons (Fsp3) is 0.231. The molecule has 7 aromatic rings. The average molecular weight is 895 g/mol. The summed E-state index contributed by atoms with van der Waals surface area (Å²) in [6, 6.07) is 53.8. The molecule has 55 heavy (non-hydrogen) atoms. The summed E-state index contributed by atoms with van der Waals surface area (Å²) in [4.78, 5) is 9.34. The van der Waals surface area contributed by atoms with Crippen molar-refractivity contribution in [3.8, 4) is 44.8 Å². The van der Waals surface area contributed by atoms with Crippen molar-refractivity contribution in [1.82, 2.24) is 9.97 Å². The molecule has 2 aromatic heterocycles. The van der Waals surface area contributed by atoms with Crippen LogP contribution in [0, 0.1) is 26.0 Å². The van der Waals surface area contributed by atoms with Gasteiger partial charge in [0.25, 0.3) is 0 Å². The minimum absolute atomic E-state index is 0. The van der Waals surface area contributed by atoms with Gasteiger partial charge in [-0.3, -0.25) is 0 Å². The van der Waals surface area contributed by atoms with Gasteiger partial charge in [-0.15, -0.1) is 71.3 Å². The van der Waals surface area contributed by atoms with E-state index in [1.807, 2.05) is 36.5 Å². The van der Waals surface area contributed by atoms with E-state index in [9.17, 15) is 0 Å². The van der Waals surface area contributed by atoms with Crippen LogP contribution in [0.1, 0.15) is 71.9 Å². The molecule has 0 saturated carbocycles. The first-order valence-electron chi connectivity index (χ1n) is 19.7. The molecule has 2 nitrogen and oxygen atoms in total. The van der Waals surface area contributed by atoms with Crippen molar-refractivity contribution in [2.45, 2.75) is 78.1 Å². The zero-order valence-electron chi connectivity index (χ0n) is 32.2. The molecule has 0 bridgehead atoms. The maximum atomic E-state index is 4.77. The molecule has 0 atom stereocenters. The molecule has 0 amide bonds. The minimum Gasteiger partial charge on any atom is -0.304 e. The van der Waals surface area contributed by atoms with Gasteiger partial charge in [0.1, 0.15) is 0 Å². The predicted octanol–water partition coefficient (Wildman–Crippen LogP) is 13.3. The molecule has 5 aromatic carbocycles. The van der Waals surface area contributed by atoms with Gasteiger partial charge in [0.05, 0.1) is 0 Å². The maximum absolute atomic E-state index is 4.77. The monoisotopic (exact) mass is 895 g/mol. The zero-order chi connectivity index (χ0) is 37.0. The molecule has 0 spiro atoms. The predicted molar refractivity (Wildman–Crippen MR) is 226 cm³/mol. The van der Waals surface area contributed by atoms with Crippen molar-refractivity contribution in [2.24, 2.45) is 0 Å². The molecular formula is C52H50IrN2-2. The third-order valence-corrected chi connectivity index (χ3v) is 10.6. The molecule has 2 heterocycles. The normalized spacial score (nSPS) is 11.8. The maximum Gasteiger partial charge on any atom is 0.0239 e. The number of rotatable bonds is 11. The quantitative estimate of drug-likeness (QED) is 0.0955. The number of unbranched alkanes of at least 4 members (excludes halogenated alkanes) is 3. The molecule has 279 valence electrons. The Labute approximate surface area is 342 Å². The Hall–Kier alpha value is -4.95. The van der Waals surface area contributed by atoms with Gasteiger partial charge >= 0.3 is 0 Å². The van der Waals surface area contributed by atoms with Crippen molar-refractivity contribution in [1.29, 1.82) is 0 Å². The van der Waals surface area contributed by atoms with Crippen molar-refractivity contribution >= 4 is 0 Å². The molecule has 1 aliphatic carbocycles. The van der Waals surface area contributed by atoms with Crippen LogP contribution in [0.2, 0.25) is 0 Å². The molecule has 0 saturated heterocycles. The van der Waals surface area contributed by atoms with Crippen LogP contribution in [-0.2, 0) is 45.8 Å². The SMILES string of the molecule is Cc1cccc(C)c1-c1ccc(-c2[c-]cccc2)nc1.[Ir].[c-]1ccc(-c2cccc(CCCCCCc3ccccc3)c2)cc1-c1cc2c(cn1)CCCC2. The smallest absolute Gasteiger partial charge is 0.0239 e. The number of aromatic nitrogens is 2. The average Bonchev–Trinajstić information content (AvgIpc) is 3.23. The van der Waals surface area contributed by atoms with E-state index in [-0.39, 0.29) is 20.1 Å². The van der Waals surface area contributed by atoms with Crippen LogP contribution in [0.15, 0.2) is 146 Å². The van der Waals surface area contributed by atoms with E-state index in [1.165, 1.54) is 113 Å². The van der Waals surface area contributed by atoms with Gasteiger partial charge in [-0.2, -0.15) is 0 Å². The second-order valence-electron chi connectivity index (χ2n) is 14.6. The Morgan fingerprint density at radius 1 is 0.491 bits per heavy atom. The van der Waals surface area contributed by atoms with Crippen LogP contribution in [0.5, 0.6) is 0 Å². The van der Waals surface area contributed by atoms with Crippen LogP contribution in [0.3, 0.4) is 0 Å². The number of hydrogen-bond acceptors (Lipinski definition) is 2. The van der Waals surface area contributed by atoms with Gasteiger partial charge in [-0.1, -0.05) is 109 Å². The number of hydrogen-bond donors (Lipinski definition) is 0. The van der Waals surface area contributed by atoms with Gasteiger partial charge < -0.3 is 9.97 Å². The first kappa shape index (κ1) is 39.7. The Morgan fingerprint density at radius 2 is 1.16 bits per heavy atom. The Morgan fingerprint density at radius 3 is 1.91 bits per heavy atom. The van der Waals surface area contributed by atoms with E-state index < -0.39 is 0 Å². The van der Waals surface area contributed by atoms with Crippen molar-refractivity contribution in [3.05, 3.63) is 191 Å². The van der Waals surface area contributed by atoms with Gasteiger partial charge in [-0.25, -0.2) is 0 Å². The van der Waals surface area contributed by atoms with Crippen molar-refractivity contribution in [2.75, 3.05) is 0 Å². The van der Waals surface area contributed by atoms with E-state index >= 15 is 0 Å². The summed E-state index contributed by atoms with van der Waals surface area (Å²) >= 11 is 0. The topological polar surface area (TPSA) is 25.8 Å². The molecular weight excluding hydrogens is 845 g/mol. The molecule has 0 fully saturated rings. The van der Waals surface area contributed by atoms with Crippen LogP contribution < -0.4 is 0 Å². The van der Waals surface area contributed by atoms with Gasteiger partial charge in [0.15, 0.2) is 0 Å². The number of pyridine rings is 2. The summed E-state index contributed by atoms with van der Waals surface area (Å²) in [5.74, 6) is 0. The van der Waals surface area contributed by atoms with Gasteiger partial charge in [0, 0.05) is 32.5 Å². The summed E-state index contributed by atoms with van der Waals surface area (Å²) in [6.45, 7) is 4.28. The summed E-state index contributed by atoms with van der Waals surface area (Å²) in [7, 11) is 0. The first-order valence-corrected chi connectivity index (χ1v) is 19.7. The molecule has 3 heteroatoms. The second-order valence-corrected chi connectivity index (χ2v) is 14.6. The molecule has 0 N–H and O–H groups in total. The number of fused-ring (bicyclic) bond motifs is 1. The first-order chi connectivity index (χ1) is 26.6. The molecule has 0 aliphatic heterocycles. The van der Waals surface area contributed by atoms with E-state index in [1.54, 1.807) is 0 Å². The van der Waals surface area contributed by atoms with Gasteiger partial charge in [0.2, 0.25) is 0 Å². The summed E-state index contributed by atoms with van der Waals surface area (Å²) in [5, 5.41) is 0.